The fourth-order valence-electron chi connectivity index (χ4n) is 3.38. The van der Waals surface area contributed by atoms with Crippen LogP contribution in [0.5, 0.6) is 5.75 Å². The van der Waals surface area contributed by atoms with Gasteiger partial charge in [-0.25, -0.2) is 0 Å². The van der Waals surface area contributed by atoms with Gasteiger partial charge in [-0.3, -0.25) is 0 Å². The molecular formula is C21H28N2O+2. The Hall–Kier alpha value is -2.10. The Labute approximate surface area is 145 Å². The van der Waals surface area contributed by atoms with Gasteiger partial charge in [-0.1, -0.05) is 48.5 Å². The summed E-state index contributed by atoms with van der Waals surface area (Å²) in [5, 5.41) is 0. The van der Waals surface area contributed by atoms with Crippen molar-refractivity contribution >= 4 is 6.08 Å². The molecule has 2 aromatic rings. The van der Waals surface area contributed by atoms with Gasteiger partial charge in [0.25, 0.3) is 0 Å². The molecule has 0 unspecified atom stereocenters. The Morgan fingerprint density at radius 1 is 0.875 bits per heavy atom. The van der Waals surface area contributed by atoms with Crippen LogP contribution < -0.4 is 14.5 Å². The summed E-state index contributed by atoms with van der Waals surface area (Å²) < 4.78 is 5.48. The van der Waals surface area contributed by atoms with Crippen LogP contribution in [0.3, 0.4) is 0 Å². The van der Waals surface area contributed by atoms with Crippen LogP contribution in [0.4, 0.5) is 0 Å². The highest BCUT2D eigenvalue weighted by Gasteiger charge is 2.22. The van der Waals surface area contributed by atoms with E-state index >= 15 is 0 Å². The highest BCUT2D eigenvalue weighted by molar-refractivity contribution is 5.48. The van der Waals surface area contributed by atoms with E-state index in [1.54, 1.807) is 16.9 Å². The van der Waals surface area contributed by atoms with Crippen LogP contribution in [0, 0.1) is 0 Å². The van der Waals surface area contributed by atoms with Crippen LogP contribution in [-0.2, 0) is 6.54 Å². The highest BCUT2D eigenvalue weighted by Crippen LogP contribution is 2.15. The first-order valence-electron chi connectivity index (χ1n) is 8.86. The van der Waals surface area contributed by atoms with E-state index in [0.29, 0.717) is 0 Å². The van der Waals surface area contributed by atoms with Crippen molar-refractivity contribution in [2.75, 3.05) is 39.8 Å². The van der Waals surface area contributed by atoms with E-state index in [4.69, 9.17) is 4.74 Å². The van der Waals surface area contributed by atoms with Crippen molar-refractivity contribution in [3.8, 4) is 5.75 Å². The van der Waals surface area contributed by atoms with Crippen molar-refractivity contribution in [2.24, 2.45) is 0 Å². The van der Waals surface area contributed by atoms with Gasteiger partial charge in [0, 0.05) is 5.56 Å². The van der Waals surface area contributed by atoms with Crippen molar-refractivity contribution in [1.82, 2.24) is 0 Å². The molecule has 0 spiro atoms. The molecule has 0 aromatic heterocycles. The van der Waals surface area contributed by atoms with Gasteiger partial charge in [0.05, 0.1) is 13.7 Å². The molecule has 0 radical (unpaired) electrons. The summed E-state index contributed by atoms with van der Waals surface area (Å²) in [5.41, 5.74) is 2.61. The number of hydrogen-bond acceptors (Lipinski definition) is 1. The van der Waals surface area contributed by atoms with Crippen molar-refractivity contribution in [1.29, 1.82) is 0 Å². The molecule has 0 amide bonds. The van der Waals surface area contributed by atoms with Crippen LogP contribution in [-0.4, -0.2) is 39.8 Å². The lowest BCUT2D eigenvalue weighted by molar-refractivity contribution is -1.02. The van der Waals surface area contributed by atoms with Gasteiger partial charge >= 0.3 is 0 Å². The molecule has 3 nitrogen and oxygen atoms in total. The van der Waals surface area contributed by atoms with E-state index in [2.05, 4.69) is 60.7 Å². The maximum atomic E-state index is 5.48. The third-order valence-electron chi connectivity index (χ3n) is 4.81. The molecule has 1 fully saturated rings. The van der Waals surface area contributed by atoms with Crippen molar-refractivity contribution < 1.29 is 14.5 Å². The standard InChI is InChI=1S/C21H26N2O/c1-24-21-12-6-5-11-20(21)18-23-16-14-22(15-17-23)13-7-10-19-8-3-2-4-9-19/h2-12H,13-18H2,1H3/p+2/b10-7+. The molecule has 0 bridgehead atoms. The van der Waals surface area contributed by atoms with Gasteiger partial charge in [0.15, 0.2) is 0 Å². The van der Waals surface area contributed by atoms with Crippen LogP contribution in [0.25, 0.3) is 6.08 Å². The van der Waals surface area contributed by atoms with E-state index in [-0.39, 0.29) is 0 Å². The summed E-state index contributed by atoms with van der Waals surface area (Å²) in [5.74, 6) is 1.02. The first-order valence-corrected chi connectivity index (χ1v) is 8.86. The largest absolute Gasteiger partial charge is 0.496 e. The predicted molar refractivity (Wildman–Crippen MR) is 98.4 cm³/mol. The number of piperazine rings is 1. The topological polar surface area (TPSA) is 18.1 Å². The Balaban J connectivity index is 1.45. The van der Waals surface area contributed by atoms with Crippen molar-refractivity contribution in [3.63, 3.8) is 0 Å². The Bertz CT molecular complexity index is 646. The molecule has 126 valence electrons. The molecular weight excluding hydrogens is 296 g/mol. The summed E-state index contributed by atoms with van der Waals surface area (Å²) >= 11 is 0. The van der Waals surface area contributed by atoms with Crippen LogP contribution >= 0.6 is 0 Å². The average molecular weight is 324 g/mol. The molecule has 1 saturated heterocycles. The molecule has 0 aliphatic carbocycles. The third-order valence-corrected chi connectivity index (χ3v) is 4.81. The Morgan fingerprint density at radius 3 is 2.29 bits per heavy atom. The van der Waals surface area contributed by atoms with E-state index in [0.717, 1.165) is 18.8 Å². The highest BCUT2D eigenvalue weighted by atomic mass is 16.5. The molecule has 0 saturated carbocycles. The third kappa shape index (κ3) is 4.70. The van der Waals surface area contributed by atoms with E-state index in [1.807, 2.05) is 6.07 Å². The monoisotopic (exact) mass is 324 g/mol. The molecule has 2 N–H and O–H groups in total. The number of nitrogens with one attached hydrogen (secondary N) is 2. The van der Waals surface area contributed by atoms with Gasteiger partial charge in [-0.15, -0.1) is 0 Å². The number of ether oxygens (including phenoxy) is 1. The Morgan fingerprint density at radius 2 is 1.54 bits per heavy atom. The number of para-hydroxylation sites is 1. The fraction of sp³-hybridized carbons (Fsp3) is 0.333. The van der Waals surface area contributed by atoms with Crippen molar-refractivity contribution in [2.45, 2.75) is 6.54 Å². The normalized spacial score (nSPS) is 21.0. The second-order valence-electron chi connectivity index (χ2n) is 6.51. The summed E-state index contributed by atoms with van der Waals surface area (Å²) in [6.45, 7) is 7.13. The van der Waals surface area contributed by atoms with Gasteiger partial charge in [-0.2, -0.15) is 0 Å². The van der Waals surface area contributed by atoms with E-state index in [1.165, 1.54) is 37.3 Å². The predicted octanol–water partition coefficient (Wildman–Crippen LogP) is 0.692. The lowest BCUT2D eigenvalue weighted by Crippen LogP contribution is -3.27. The summed E-state index contributed by atoms with van der Waals surface area (Å²) in [6.07, 6.45) is 4.55. The minimum absolute atomic E-state index is 1.02. The van der Waals surface area contributed by atoms with Gasteiger partial charge < -0.3 is 14.5 Å². The lowest BCUT2D eigenvalue weighted by Gasteiger charge is -2.29. The quantitative estimate of drug-likeness (QED) is 0.800. The van der Waals surface area contributed by atoms with Gasteiger partial charge in [0.1, 0.15) is 38.5 Å². The maximum Gasteiger partial charge on any atom is 0.127 e. The molecule has 2 aromatic carbocycles. The van der Waals surface area contributed by atoms with Gasteiger partial charge in [0.2, 0.25) is 0 Å². The summed E-state index contributed by atoms with van der Waals surface area (Å²) in [4.78, 5) is 3.35. The zero-order valence-electron chi connectivity index (χ0n) is 14.5. The minimum atomic E-state index is 1.02. The van der Waals surface area contributed by atoms with E-state index < -0.39 is 0 Å². The first kappa shape index (κ1) is 16.7. The molecule has 3 heteroatoms. The number of quaternary nitrogens is 2. The van der Waals surface area contributed by atoms with E-state index in [9.17, 15) is 0 Å². The Kier molecular flexibility index (Phi) is 6.05. The van der Waals surface area contributed by atoms with Crippen LogP contribution in [0.1, 0.15) is 11.1 Å². The lowest BCUT2D eigenvalue weighted by atomic mass is 10.1. The van der Waals surface area contributed by atoms with Gasteiger partial charge in [-0.05, 0) is 23.8 Å². The van der Waals surface area contributed by atoms with Crippen LogP contribution in [0.2, 0.25) is 0 Å². The molecule has 1 aliphatic heterocycles. The first-order chi connectivity index (χ1) is 11.8. The number of methoxy groups -OCH3 is 1. The van der Waals surface area contributed by atoms with Crippen molar-refractivity contribution in [3.05, 3.63) is 71.8 Å². The number of rotatable bonds is 6. The zero-order chi connectivity index (χ0) is 16.6. The average Bonchev–Trinajstić information content (AvgIpc) is 2.64. The number of hydrogen-bond donors (Lipinski definition) is 2. The smallest absolute Gasteiger partial charge is 0.127 e. The second kappa shape index (κ2) is 8.67. The minimum Gasteiger partial charge on any atom is -0.496 e. The summed E-state index contributed by atoms with van der Waals surface area (Å²) in [6, 6.07) is 18.9. The molecule has 0 atom stereocenters. The molecule has 24 heavy (non-hydrogen) atoms. The second-order valence-corrected chi connectivity index (χ2v) is 6.51. The fourth-order valence-corrected chi connectivity index (χ4v) is 3.38. The molecule has 1 heterocycles. The molecule has 1 aliphatic rings. The maximum absolute atomic E-state index is 5.48. The SMILES string of the molecule is COc1ccccc1C[NH+]1CC[NH+](C/C=C/c2ccccc2)CC1. The molecule has 3 rings (SSSR count). The zero-order valence-corrected chi connectivity index (χ0v) is 14.5. The summed E-state index contributed by atoms with van der Waals surface area (Å²) in [7, 11) is 1.76. The van der Waals surface area contributed by atoms with Crippen LogP contribution in [0.15, 0.2) is 60.7 Å². The number of benzene rings is 2.